The third-order valence-electron chi connectivity index (χ3n) is 6.95. The predicted octanol–water partition coefficient (Wildman–Crippen LogP) is 2.12. The molecule has 0 radical (unpaired) electrons. The minimum Gasteiger partial charge on any atom is -0.480 e. The Bertz CT molecular complexity index is 1210. The van der Waals surface area contributed by atoms with Crippen molar-refractivity contribution in [3.63, 3.8) is 0 Å². The molecule has 0 saturated carbocycles. The summed E-state index contributed by atoms with van der Waals surface area (Å²) >= 11 is 0. The highest BCUT2D eigenvalue weighted by Gasteiger charge is 2.28. The Balaban J connectivity index is 1.85. The van der Waals surface area contributed by atoms with Gasteiger partial charge in [-0.15, -0.1) is 0 Å². The van der Waals surface area contributed by atoms with Crippen LogP contribution in [-0.4, -0.2) is 106 Å². The number of aliphatic carboxylic acids is 1. The number of hydrogen-bond donors (Lipinski definition) is 1. The SMILES string of the molecule is CCOC(=O)CN1CCN(CC(=O)OCC)Cc2cccc(n2)CN(C(CCc2ccc([N+](=O)[O-])cc2)C(=O)O)CC1. The standard InChI is InChI=1S/C29H39N5O8/c1-3-41-27(35)20-31-14-15-32(21-28(36)42-4-2)18-23-6-5-7-24(30-23)19-33(17-16-31)26(29(37)38)13-10-22-8-11-25(12-9-22)34(39)40/h5-9,11-12,26H,3-4,10,13-21H2,1-2H3,(H,37,38). The topological polar surface area (TPSA) is 156 Å². The van der Waals surface area contributed by atoms with Crippen molar-refractivity contribution in [1.29, 1.82) is 0 Å². The summed E-state index contributed by atoms with van der Waals surface area (Å²) in [5, 5.41) is 21.2. The fourth-order valence-corrected chi connectivity index (χ4v) is 4.85. The second-order valence-electron chi connectivity index (χ2n) is 10.0. The van der Waals surface area contributed by atoms with Crippen molar-refractivity contribution in [2.75, 3.05) is 52.5 Å². The molecule has 0 saturated heterocycles. The molecule has 2 bridgehead atoms. The van der Waals surface area contributed by atoms with Crippen LogP contribution in [0.2, 0.25) is 0 Å². The van der Waals surface area contributed by atoms with Gasteiger partial charge in [0.15, 0.2) is 0 Å². The smallest absolute Gasteiger partial charge is 0.320 e. The van der Waals surface area contributed by atoms with Gasteiger partial charge in [-0.2, -0.15) is 0 Å². The molecule has 2 heterocycles. The first-order valence-corrected chi connectivity index (χ1v) is 14.1. The number of aryl methyl sites for hydroxylation is 1. The van der Waals surface area contributed by atoms with Crippen molar-refractivity contribution >= 4 is 23.6 Å². The van der Waals surface area contributed by atoms with Gasteiger partial charge in [0.05, 0.1) is 42.6 Å². The van der Waals surface area contributed by atoms with E-state index >= 15 is 0 Å². The number of hydrogen-bond acceptors (Lipinski definition) is 11. The third kappa shape index (κ3) is 10.5. The normalized spacial score (nSPS) is 16.0. The van der Waals surface area contributed by atoms with Crippen molar-refractivity contribution in [2.45, 2.75) is 45.8 Å². The van der Waals surface area contributed by atoms with E-state index in [4.69, 9.17) is 14.5 Å². The van der Waals surface area contributed by atoms with Crippen LogP contribution in [0.15, 0.2) is 42.5 Å². The van der Waals surface area contributed by atoms with Crippen molar-refractivity contribution in [3.05, 3.63) is 69.5 Å². The van der Waals surface area contributed by atoms with Gasteiger partial charge in [-0.3, -0.25) is 44.2 Å². The lowest BCUT2D eigenvalue weighted by Crippen LogP contribution is -2.47. The number of rotatable bonds is 12. The van der Waals surface area contributed by atoms with Crippen LogP contribution in [0.4, 0.5) is 5.69 Å². The maximum atomic E-state index is 12.5. The third-order valence-corrected chi connectivity index (χ3v) is 6.95. The van der Waals surface area contributed by atoms with Gasteiger partial charge < -0.3 is 14.6 Å². The van der Waals surface area contributed by atoms with Crippen LogP contribution in [-0.2, 0) is 43.4 Å². The fraction of sp³-hybridized carbons (Fsp3) is 0.517. The number of carboxylic acid groups (broad SMARTS) is 1. The molecule has 0 fully saturated rings. The van der Waals surface area contributed by atoms with Crippen LogP contribution in [0.1, 0.15) is 37.2 Å². The lowest BCUT2D eigenvalue weighted by molar-refractivity contribution is -0.384. The molecular weight excluding hydrogens is 546 g/mol. The summed E-state index contributed by atoms with van der Waals surface area (Å²) in [4.78, 5) is 58.1. The molecule has 1 aliphatic rings. The van der Waals surface area contributed by atoms with Crippen LogP contribution < -0.4 is 0 Å². The number of fused-ring (bicyclic) bond motifs is 2. The van der Waals surface area contributed by atoms with E-state index in [1.54, 1.807) is 26.0 Å². The summed E-state index contributed by atoms with van der Waals surface area (Å²) in [6, 6.07) is 10.8. The summed E-state index contributed by atoms with van der Waals surface area (Å²) in [7, 11) is 0. The minimum absolute atomic E-state index is 0.0231. The zero-order chi connectivity index (χ0) is 30.5. The first kappa shape index (κ1) is 32.6. The van der Waals surface area contributed by atoms with Crippen LogP contribution in [0.5, 0.6) is 0 Å². The molecule has 1 aromatic heterocycles. The summed E-state index contributed by atoms with van der Waals surface area (Å²) in [5.74, 6) is -1.72. The number of benzene rings is 1. The molecule has 0 aliphatic carbocycles. The quantitative estimate of drug-likeness (QED) is 0.220. The molecule has 1 aromatic carbocycles. The van der Waals surface area contributed by atoms with E-state index in [9.17, 15) is 29.6 Å². The predicted molar refractivity (Wildman–Crippen MR) is 152 cm³/mol. The molecule has 228 valence electrons. The van der Waals surface area contributed by atoms with E-state index < -0.39 is 16.9 Å². The van der Waals surface area contributed by atoms with E-state index in [0.717, 1.165) is 11.3 Å². The zero-order valence-electron chi connectivity index (χ0n) is 24.1. The summed E-state index contributed by atoms with van der Waals surface area (Å²) < 4.78 is 10.3. The van der Waals surface area contributed by atoms with E-state index in [1.165, 1.54) is 12.1 Å². The van der Waals surface area contributed by atoms with Crippen LogP contribution in [0.3, 0.4) is 0 Å². The van der Waals surface area contributed by atoms with E-state index in [-0.39, 0.29) is 56.9 Å². The second kappa shape index (κ2) is 16.5. The van der Waals surface area contributed by atoms with Gasteiger partial charge in [-0.1, -0.05) is 18.2 Å². The van der Waals surface area contributed by atoms with Gasteiger partial charge in [0.25, 0.3) is 5.69 Å². The molecule has 2 aromatic rings. The molecule has 1 unspecified atom stereocenters. The molecule has 42 heavy (non-hydrogen) atoms. The van der Waals surface area contributed by atoms with Crippen molar-refractivity contribution < 1.29 is 33.9 Å². The van der Waals surface area contributed by atoms with Crippen molar-refractivity contribution in [3.8, 4) is 0 Å². The second-order valence-corrected chi connectivity index (χ2v) is 10.0. The van der Waals surface area contributed by atoms with E-state index in [1.807, 2.05) is 32.9 Å². The van der Waals surface area contributed by atoms with Gasteiger partial charge in [-0.05, 0) is 44.4 Å². The number of pyridine rings is 1. The molecule has 3 rings (SSSR count). The van der Waals surface area contributed by atoms with Gasteiger partial charge in [-0.25, -0.2) is 0 Å². The Morgan fingerprint density at radius 1 is 0.905 bits per heavy atom. The summed E-state index contributed by atoms with van der Waals surface area (Å²) in [5.41, 5.74) is 2.19. The average molecular weight is 586 g/mol. The molecule has 13 nitrogen and oxygen atoms in total. The molecule has 13 heteroatoms. The van der Waals surface area contributed by atoms with Crippen LogP contribution in [0, 0.1) is 10.1 Å². The largest absolute Gasteiger partial charge is 0.480 e. The maximum absolute atomic E-state index is 12.5. The molecule has 1 aliphatic heterocycles. The minimum atomic E-state index is -0.988. The lowest BCUT2D eigenvalue weighted by Gasteiger charge is -2.33. The monoisotopic (exact) mass is 585 g/mol. The number of nitrogens with zero attached hydrogens (tertiary/aromatic N) is 5. The Kier molecular flexibility index (Phi) is 12.8. The number of nitro benzene ring substituents is 1. The highest BCUT2D eigenvalue weighted by Crippen LogP contribution is 2.18. The zero-order valence-corrected chi connectivity index (χ0v) is 24.1. The molecular formula is C29H39N5O8. The van der Waals surface area contributed by atoms with Gasteiger partial charge >= 0.3 is 17.9 Å². The van der Waals surface area contributed by atoms with Gasteiger partial charge in [0, 0.05) is 51.4 Å². The van der Waals surface area contributed by atoms with Crippen LogP contribution in [0.25, 0.3) is 0 Å². The first-order valence-electron chi connectivity index (χ1n) is 14.1. The Labute approximate surface area is 245 Å². The summed E-state index contributed by atoms with van der Waals surface area (Å²) in [6.07, 6.45) is 0.687. The fourth-order valence-electron chi connectivity index (χ4n) is 4.85. The lowest BCUT2D eigenvalue weighted by atomic mass is 10.0. The highest BCUT2D eigenvalue weighted by atomic mass is 16.6. The number of aromatic nitrogens is 1. The van der Waals surface area contributed by atoms with Crippen molar-refractivity contribution in [1.82, 2.24) is 19.7 Å². The number of non-ortho nitro benzene ring substituents is 1. The number of ether oxygens (including phenoxy) is 2. The first-order chi connectivity index (χ1) is 20.2. The number of carboxylic acids is 1. The van der Waals surface area contributed by atoms with Gasteiger partial charge in [0.2, 0.25) is 0 Å². The number of nitro groups is 1. The molecule has 0 spiro atoms. The number of carbonyl (C=O) groups excluding carboxylic acids is 2. The molecule has 1 atom stereocenters. The van der Waals surface area contributed by atoms with E-state index in [2.05, 4.69) is 0 Å². The average Bonchev–Trinajstić information content (AvgIpc) is 2.94. The number of esters is 2. The molecule has 1 N–H and O–H groups in total. The number of carbonyl (C=O) groups is 3. The Morgan fingerprint density at radius 3 is 2.07 bits per heavy atom. The Hall–Kier alpha value is -3.94. The van der Waals surface area contributed by atoms with Gasteiger partial charge in [0.1, 0.15) is 6.04 Å². The highest BCUT2D eigenvalue weighted by molar-refractivity contribution is 5.73. The summed E-state index contributed by atoms with van der Waals surface area (Å²) in [6.45, 7) is 6.35. The maximum Gasteiger partial charge on any atom is 0.320 e. The Morgan fingerprint density at radius 2 is 1.48 bits per heavy atom. The van der Waals surface area contributed by atoms with E-state index in [0.29, 0.717) is 44.8 Å². The molecule has 0 amide bonds. The van der Waals surface area contributed by atoms with Crippen LogP contribution >= 0.6 is 0 Å². The van der Waals surface area contributed by atoms with Crippen molar-refractivity contribution in [2.24, 2.45) is 0 Å².